The number of sulfone groups is 1. The standard InChI is InChI=1S/C18H21NO5S2/c1-25(22)16-6-2-15(3-7-16)13-19-18(21)12-14-4-8-17(9-5-14)26(23,24)11-10-20/h2-9,20H,10-13H2,1H3,(H,19,21). The highest BCUT2D eigenvalue weighted by molar-refractivity contribution is 7.91. The number of aliphatic hydroxyl groups excluding tert-OH is 1. The zero-order valence-electron chi connectivity index (χ0n) is 14.3. The van der Waals surface area contributed by atoms with Crippen LogP contribution in [-0.2, 0) is 38.4 Å². The van der Waals surface area contributed by atoms with Crippen LogP contribution in [0.2, 0.25) is 0 Å². The van der Waals surface area contributed by atoms with Gasteiger partial charge in [0.15, 0.2) is 9.84 Å². The largest absolute Gasteiger partial charge is 0.395 e. The first-order chi connectivity index (χ1) is 12.3. The molecule has 2 aromatic carbocycles. The molecule has 6 nitrogen and oxygen atoms in total. The first-order valence-corrected chi connectivity index (χ1v) is 11.1. The van der Waals surface area contributed by atoms with Crippen LogP contribution in [0.1, 0.15) is 11.1 Å². The Bertz CT molecular complexity index is 875. The molecule has 0 bridgehead atoms. The highest BCUT2D eigenvalue weighted by atomic mass is 32.2. The van der Waals surface area contributed by atoms with Crippen molar-refractivity contribution in [1.82, 2.24) is 5.32 Å². The maximum Gasteiger partial charge on any atom is 0.224 e. The van der Waals surface area contributed by atoms with Gasteiger partial charge in [0.1, 0.15) is 0 Å². The second kappa shape index (κ2) is 9.07. The van der Waals surface area contributed by atoms with Crippen LogP contribution in [-0.4, -0.2) is 42.3 Å². The zero-order chi connectivity index (χ0) is 19.2. The van der Waals surface area contributed by atoms with Gasteiger partial charge in [0.05, 0.1) is 23.7 Å². The predicted molar refractivity (Wildman–Crippen MR) is 99.9 cm³/mol. The summed E-state index contributed by atoms with van der Waals surface area (Å²) >= 11 is 0. The molecule has 1 unspecified atom stereocenters. The van der Waals surface area contributed by atoms with Crippen molar-refractivity contribution in [2.45, 2.75) is 22.8 Å². The molecule has 2 aromatic rings. The predicted octanol–water partition coefficient (Wildman–Crippen LogP) is 1.05. The van der Waals surface area contributed by atoms with Crippen molar-refractivity contribution < 1.29 is 22.5 Å². The molecule has 0 saturated heterocycles. The zero-order valence-corrected chi connectivity index (χ0v) is 16.0. The fourth-order valence-electron chi connectivity index (χ4n) is 2.30. The average Bonchev–Trinajstić information content (AvgIpc) is 2.61. The number of hydrogen-bond donors (Lipinski definition) is 2. The van der Waals surface area contributed by atoms with Gasteiger partial charge in [-0.2, -0.15) is 0 Å². The van der Waals surface area contributed by atoms with E-state index in [-0.39, 0.29) is 23.0 Å². The summed E-state index contributed by atoms with van der Waals surface area (Å²) < 4.78 is 35.0. The molecule has 0 aliphatic rings. The summed E-state index contributed by atoms with van der Waals surface area (Å²) in [6, 6.07) is 13.2. The summed E-state index contributed by atoms with van der Waals surface area (Å²) in [5.41, 5.74) is 1.60. The molecule has 0 radical (unpaired) electrons. The van der Waals surface area contributed by atoms with Crippen LogP contribution in [0, 0.1) is 0 Å². The molecule has 0 heterocycles. The number of aliphatic hydroxyl groups is 1. The van der Waals surface area contributed by atoms with Gasteiger partial charge in [-0.25, -0.2) is 8.42 Å². The minimum absolute atomic E-state index is 0.129. The Morgan fingerprint density at radius 2 is 1.62 bits per heavy atom. The molecule has 0 spiro atoms. The summed E-state index contributed by atoms with van der Waals surface area (Å²) in [6.07, 6.45) is 1.74. The van der Waals surface area contributed by atoms with E-state index in [4.69, 9.17) is 5.11 Å². The quantitative estimate of drug-likeness (QED) is 0.696. The van der Waals surface area contributed by atoms with Crippen molar-refractivity contribution in [1.29, 1.82) is 0 Å². The van der Waals surface area contributed by atoms with Crippen LogP contribution in [0.15, 0.2) is 58.3 Å². The molecule has 2 rings (SSSR count). The number of rotatable bonds is 8. The molecule has 0 aliphatic carbocycles. The van der Waals surface area contributed by atoms with E-state index in [0.29, 0.717) is 12.1 Å². The van der Waals surface area contributed by atoms with E-state index in [9.17, 15) is 17.4 Å². The van der Waals surface area contributed by atoms with Crippen molar-refractivity contribution in [2.24, 2.45) is 0 Å². The Morgan fingerprint density at radius 3 is 2.15 bits per heavy atom. The minimum atomic E-state index is -3.48. The monoisotopic (exact) mass is 395 g/mol. The second-order valence-corrected chi connectivity index (χ2v) is 9.23. The molecule has 2 N–H and O–H groups in total. The van der Waals surface area contributed by atoms with Crippen molar-refractivity contribution in [2.75, 3.05) is 18.6 Å². The summed E-state index contributed by atoms with van der Waals surface area (Å²) in [4.78, 5) is 12.9. The van der Waals surface area contributed by atoms with Crippen molar-refractivity contribution in [3.05, 3.63) is 59.7 Å². The van der Waals surface area contributed by atoms with Gasteiger partial charge >= 0.3 is 0 Å². The molecule has 8 heteroatoms. The van der Waals surface area contributed by atoms with Gasteiger partial charge in [0.2, 0.25) is 5.91 Å². The van der Waals surface area contributed by atoms with Crippen LogP contribution in [0.5, 0.6) is 0 Å². The van der Waals surface area contributed by atoms with E-state index in [1.165, 1.54) is 12.1 Å². The molecule has 0 aliphatic heterocycles. The Kier molecular flexibility index (Phi) is 7.07. The van der Waals surface area contributed by atoms with E-state index in [0.717, 1.165) is 10.5 Å². The van der Waals surface area contributed by atoms with E-state index < -0.39 is 27.2 Å². The van der Waals surface area contributed by atoms with Crippen LogP contribution in [0.3, 0.4) is 0 Å². The van der Waals surface area contributed by atoms with Gasteiger partial charge < -0.3 is 10.4 Å². The SMILES string of the molecule is CS(=O)c1ccc(CNC(=O)Cc2ccc(S(=O)(=O)CCO)cc2)cc1. The van der Waals surface area contributed by atoms with Gasteiger partial charge in [-0.15, -0.1) is 0 Å². The van der Waals surface area contributed by atoms with Crippen molar-refractivity contribution in [3.63, 3.8) is 0 Å². The van der Waals surface area contributed by atoms with E-state index in [2.05, 4.69) is 5.32 Å². The molecular weight excluding hydrogens is 374 g/mol. The summed E-state index contributed by atoms with van der Waals surface area (Å²) in [5, 5.41) is 11.6. The maximum atomic E-state index is 12.0. The third kappa shape index (κ3) is 5.76. The lowest BCUT2D eigenvalue weighted by atomic mass is 10.1. The lowest BCUT2D eigenvalue weighted by Gasteiger charge is -2.07. The fourth-order valence-corrected chi connectivity index (χ4v) is 3.85. The molecule has 0 saturated carbocycles. The normalized spacial score (nSPS) is 12.5. The Labute approximate surface area is 155 Å². The number of carbonyl (C=O) groups excluding carboxylic acids is 1. The second-order valence-electron chi connectivity index (χ2n) is 5.74. The first kappa shape index (κ1) is 20.3. The lowest BCUT2D eigenvalue weighted by Crippen LogP contribution is -2.24. The third-order valence-electron chi connectivity index (χ3n) is 3.75. The Morgan fingerprint density at radius 1 is 1.04 bits per heavy atom. The number of nitrogens with one attached hydrogen (secondary N) is 1. The molecule has 0 aromatic heterocycles. The molecule has 26 heavy (non-hydrogen) atoms. The van der Waals surface area contributed by atoms with Gasteiger partial charge in [-0.3, -0.25) is 9.00 Å². The number of carbonyl (C=O) groups is 1. The van der Waals surface area contributed by atoms with Crippen LogP contribution < -0.4 is 5.32 Å². The van der Waals surface area contributed by atoms with Crippen LogP contribution >= 0.6 is 0 Å². The third-order valence-corrected chi connectivity index (χ3v) is 6.40. The summed E-state index contributed by atoms with van der Waals surface area (Å²) in [7, 11) is -4.51. The number of amides is 1. The topological polar surface area (TPSA) is 101 Å². The van der Waals surface area contributed by atoms with Gasteiger partial charge in [-0.1, -0.05) is 24.3 Å². The van der Waals surface area contributed by atoms with E-state index in [1.807, 2.05) is 12.1 Å². The fraction of sp³-hybridized carbons (Fsp3) is 0.278. The summed E-state index contributed by atoms with van der Waals surface area (Å²) in [5.74, 6) is -0.504. The van der Waals surface area contributed by atoms with Crippen LogP contribution in [0.25, 0.3) is 0 Å². The molecule has 0 fully saturated rings. The molecule has 1 atom stereocenters. The number of hydrogen-bond acceptors (Lipinski definition) is 5. The molecule has 1 amide bonds. The number of benzene rings is 2. The molecular formula is C18H21NO5S2. The highest BCUT2D eigenvalue weighted by Gasteiger charge is 2.13. The maximum absolute atomic E-state index is 12.0. The van der Waals surface area contributed by atoms with Crippen molar-refractivity contribution >= 4 is 26.5 Å². The minimum Gasteiger partial charge on any atom is -0.395 e. The average molecular weight is 396 g/mol. The van der Waals surface area contributed by atoms with E-state index >= 15 is 0 Å². The lowest BCUT2D eigenvalue weighted by molar-refractivity contribution is -0.120. The molecule has 140 valence electrons. The first-order valence-electron chi connectivity index (χ1n) is 7.93. The van der Waals surface area contributed by atoms with Crippen molar-refractivity contribution in [3.8, 4) is 0 Å². The summed E-state index contributed by atoms with van der Waals surface area (Å²) in [6.45, 7) is -0.0694. The highest BCUT2D eigenvalue weighted by Crippen LogP contribution is 2.13. The van der Waals surface area contributed by atoms with Crippen LogP contribution in [0.4, 0.5) is 0 Å². The Balaban J connectivity index is 1.90. The van der Waals surface area contributed by atoms with E-state index in [1.54, 1.807) is 30.5 Å². The van der Waals surface area contributed by atoms with Gasteiger partial charge in [0.25, 0.3) is 0 Å². The van der Waals surface area contributed by atoms with Gasteiger partial charge in [0, 0.05) is 28.5 Å². The smallest absolute Gasteiger partial charge is 0.224 e. The van der Waals surface area contributed by atoms with Gasteiger partial charge in [-0.05, 0) is 35.4 Å². The Hall–Kier alpha value is -2.03.